The number of carbonyl (C=O) groups is 3. The third kappa shape index (κ3) is 4.31. The Labute approximate surface area is 202 Å². The third-order valence-electron chi connectivity index (χ3n) is 7.85. The van der Waals surface area contributed by atoms with Crippen molar-refractivity contribution in [1.82, 2.24) is 19.8 Å². The van der Waals surface area contributed by atoms with Gasteiger partial charge in [-0.1, -0.05) is 0 Å². The highest BCUT2D eigenvalue weighted by Crippen LogP contribution is 2.43. The van der Waals surface area contributed by atoms with Gasteiger partial charge in [0, 0.05) is 37.2 Å². The van der Waals surface area contributed by atoms with Crippen LogP contribution in [-0.4, -0.2) is 70.1 Å². The summed E-state index contributed by atoms with van der Waals surface area (Å²) in [6.07, 6.45) is 3.98. The van der Waals surface area contributed by atoms with Crippen LogP contribution >= 0.6 is 0 Å². The molecule has 1 aromatic carbocycles. The molecule has 3 saturated heterocycles. The Kier molecular flexibility index (Phi) is 5.66. The number of aromatic nitrogens is 2. The number of fused-ring (bicyclic) bond motifs is 1. The molecule has 1 unspecified atom stereocenters. The van der Waals surface area contributed by atoms with Crippen LogP contribution in [0.15, 0.2) is 29.3 Å². The van der Waals surface area contributed by atoms with Crippen LogP contribution in [0, 0.1) is 10.8 Å². The van der Waals surface area contributed by atoms with Gasteiger partial charge in [0.2, 0.25) is 11.8 Å². The van der Waals surface area contributed by atoms with E-state index in [9.17, 15) is 24.3 Å². The van der Waals surface area contributed by atoms with Gasteiger partial charge in [0.15, 0.2) is 0 Å². The molecule has 10 nitrogen and oxygen atoms in total. The van der Waals surface area contributed by atoms with Crippen molar-refractivity contribution >= 4 is 34.4 Å². The molecule has 5 rings (SSSR count). The van der Waals surface area contributed by atoms with Crippen LogP contribution in [0.2, 0.25) is 0 Å². The number of carboxylic acids is 1. The Bertz CT molecular complexity index is 1250. The van der Waals surface area contributed by atoms with Gasteiger partial charge >= 0.3 is 5.97 Å². The van der Waals surface area contributed by atoms with Crippen LogP contribution in [0.5, 0.6) is 0 Å². The number of aliphatic carboxylic acids is 1. The molecular formula is C25H31N5O5. The third-order valence-corrected chi connectivity index (χ3v) is 7.85. The lowest BCUT2D eigenvalue weighted by atomic mass is 9.71. The largest absolute Gasteiger partial charge is 0.481 e. The minimum atomic E-state index is -0.763. The van der Waals surface area contributed by atoms with E-state index in [-0.39, 0.29) is 29.7 Å². The van der Waals surface area contributed by atoms with Crippen LogP contribution in [-0.2, 0) is 14.4 Å². The first-order valence-electron chi connectivity index (χ1n) is 12.1. The van der Waals surface area contributed by atoms with Gasteiger partial charge in [-0.25, -0.2) is 4.98 Å². The van der Waals surface area contributed by atoms with Gasteiger partial charge in [0.25, 0.3) is 5.56 Å². The molecule has 2 aromatic rings. The fourth-order valence-electron chi connectivity index (χ4n) is 5.56. The van der Waals surface area contributed by atoms with Crippen LogP contribution in [0.4, 0.5) is 5.69 Å². The predicted octanol–water partition coefficient (Wildman–Crippen LogP) is 1.39. The van der Waals surface area contributed by atoms with E-state index in [1.54, 1.807) is 19.9 Å². The molecule has 10 heteroatoms. The summed E-state index contributed by atoms with van der Waals surface area (Å²) in [5, 5.41) is 12.1. The number of imide groups is 1. The van der Waals surface area contributed by atoms with Crippen molar-refractivity contribution in [3.8, 4) is 0 Å². The number of carboxylic acid groups (broad SMARTS) is 1. The van der Waals surface area contributed by atoms with Crippen molar-refractivity contribution in [2.24, 2.45) is 10.8 Å². The van der Waals surface area contributed by atoms with E-state index in [2.05, 4.69) is 20.1 Å². The number of nitrogens with one attached hydrogen (secondary N) is 1. The van der Waals surface area contributed by atoms with Crippen LogP contribution < -0.4 is 15.8 Å². The lowest BCUT2D eigenvalue weighted by molar-refractivity contribution is -0.148. The van der Waals surface area contributed by atoms with Crippen molar-refractivity contribution < 1.29 is 19.5 Å². The smallest absolute Gasteiger partial charge is 0.310 e. The SMILES string of the molecule is CC(C)(CN1CCC2(CC1)CN(c1ccc3c(=O)n(C4CCC(=O)NC4=O)cnc3c1)C2)C(=O)O. The number of anilines is 1. The Morgan fingerprint density at radius 1 is 1.20 bits per heavy atom. The van der Waals surface area contributed by atoms with Crippen LogP contribution in [0.25, 0.3) is 10.9 Å². The highest BCUT2D eigenvalue weighted by molar-refractivity contribution is 5.99. The van der Waals surface area contributed by atoms with Crippen molar-refractivity contribution in [1.29, 1.82) is 0 Å². The van der Waals surface area contributed by atoms with Gasteiger partial charge in [-0.15, -0.1) is 0 Å². The normalized spacial score (nSPS) is 22.8. The van der Waals surface area contributed by atoms with Crippen molar-refractivity contribution in [3.05, 3.63) is 34.9 Å². The predicted molar refractivity (Wildman–Crippen MR) is 129 cm³/mol. The van der Waals surface area contributed by atoms with Gasteiger partial charge in [0.05, 0.1) is 22.6 Å². The topological polar surface area (TPSA) is 125 Å². The molecule has 2 amide bonds. The zero-order valence-corrected chi connectivity index (χ0v) is 20.1. The van der Waals surface area contributed by atoms with Gasteiger partial charge in [-0.3, -0.25) is 29.1 Å². The summed E-state index contributed by atoms with van der Waals surface area (Å²) in [7, 11) is 0. The van der Waals surface area contributed by atoms with E-state index < -0.39 is 23.3 Å². The van der Waals surface area contributed by atoms with E-state index in [1.165, 1.54) is 10.9 Å². The summed E-state index contributed by atoms with van der Waals surface area (Å²) in [6.45, 7) is 7.79. The second-order valence-corrected chi connectivity index (χ2v) is 10.9. The molecule has 0 aliphatic carbocycles. The van der Waals surface area contributed by atoms with Crippen LogP contribution in [0.1, 0.15) is 45.6 Å². The Balaban J connectivity index is 1.24. The average molecular weight is 482 g/mol. The molecule has 0 bridgehead atoms. The highest BCUT2D eigenvalue weighted by atomic mass is 16.4. The molecule has 186 valence electrons. The molecule has 35 heavy (non-hydrogen) atoms. The van der Waals surface area contributed by atoms with E-state index in [1.807, 2.05) is 12.1 Å². The second-order valence-electron chi connectivity index (χ2n) is 10.9. The average Bonchev–Trinajstić information content (AvgIpc) is 2.78. The molecule has 0 radical (unpaired) electrons. The number of hydrogen-bond donors (Lipinski definition) is 2. The number of amides is 2. The standard InChI is InChI=1S/C25H31N5O5/c1-24(2,23(34)35)12-28-9-7-25(8-10-28)13-29(14-25)16-3-4-17-18(11-16)26-15-30(22(17)33)19-5-6-20(31)27-21(19)32/h3-4,11,15,19H,5-10,12-14H2,1-2H3,(H,34,35)(H,27,31,32). The molecule has 1 aromatic heterocycles. The Hall–Kier alpha value is -3.27. The van der Waals surface area contributed by atoms with Crippen molar-refractivity contribution in [2.45, 2.75) is 45.6 Å². The number of nitrogens with zero attached hydrogens (tertiary/aromatic N) is 4. The number of benzene rings is 1. The fourth-order valence-corrected chi connectivity index (χ4v) is 5.56. The Morgan fingerprint density at radius 3 is 2.57 bits per heavy atom. The van der Waals surface area contributed by atoms with Gasteiger partial charge < -0.3 is 14.9 Å². The summed E-state index contributed by atoms with van der Waals surface area (Å²) in [5.74, 6) is -1.55. The van der Waals surface area contributed by atoms with Crippen molar-refractivity contribution in [3.63, 3.8) is 0 Å². The first kappa shape index (κ1) is 23.5. The lowest BCUT2D eigenvalue weighted by Gasteiger charge is -2.55. The van der Waals surface area contributed by atoms with E-state index in [4.69, 9.17) is 0 Å². The van der Waals surface area contributed by atoms with E-state index in [0.717, 1.165) is 44.7 Å². The summed E-state index contributed by atoms with van der Waals surface area (Å²) in [4.78, 5) is 57.1. The maximum Gasteiger partial charge on any atom is 0.310 e. The maximum absolute atomic E-state index is 13.0. The Morgan fingerprint density at radius 2 is 1.91 bits per heavy atom. The molecule has 0 saturated carbocycles. The van der Waals surface area contributed by atoms with Gasteiger partial charge in [-0.05, 0) is 64.4 Å². The number of carbonyl (C=O) groups excluding carboxylic acids is 2. The molecule has 3 aliphatic heterocycles. The van der Waals surface area contributed by atoms with E-state index >= 15 is 0 Å². The summed E-state index contributed by atoms with van der Waals surface area (Å²) >= 11 is 0. The first-order valence-corrected chi connectivity index (χ1v) is 12.1. The molecule has 1 spiro atoms. The zero-order chi connectivity index (χ0) is 25.0. The van der Waals surface area contributed by atoms with Gasteiger partial charge in [-0.2, -0.15) is 0 Å². The number of likely N-dealkylation sites (tertiary alicyclic amines) is 1. The monoisotopic (exact) mass is 481 g/mol. The lowest BCUT2D eigenvalue weighted by Crippen LogP contribution is -2.61. The molecular weight excluding hydrogens is 450 g/mol. The quantitative estimate of drug-likeness (QED) is 0.614. The maximum atomic E-state index is 13.0. The first-order chi connectivity index (χ1) is 16.6. The highest BCUT2D eigenvalue weighted by Gasteiger charge is 2.45. The minimum absolute atomic E-state index is 0.200. The number of hydrogen-bond acceptors (Lipinski definition) is 7. The molecule has 3 aliphatic rings. The minimum Gasteiger partial charge on any atom is -0.481 e. The zero-order valence-electron chi connectivity index (χ0n) is 20.1. The molecule has 1 atom stereocenters. The second kappa shape index (κ2) is 8.44. The van der Waals surface area contributed by atoms with Gasteiger partial charge in [0.1, 0.15) is 6.04 Å². The molecule has 3 fully saturated rings. The molecule has 4 heterocycles. The summed E-state index contributed by atoms with van der Waals surface area (Å²) in [5.41, 5.74) is 0.825. The summed E-state index contributed by atoms with van der Waals surface area (Å²) < 4.78 is 1.32. The van der Waals surface area contributed by atoms with Crippen LogP contribution in [0.3, 0.4) is 0 Å². The van der Waals surface area contributed by atoms with Crippen molar-refractivity contribution in [2.75, 3.05) is 37.6 Å². The number of piperidine rings is 2. The fraction of sp³-hybridized carbons (Fsp3) is 0.560. The van der Waals surface area contributed by atoms with E-state index in [0.29, 0.717) is 17.4 Å². The number of rotatable bonds is 5. The molecule has 2 N–H and O–H groups in total. The summed E-state index contributed by atoms with van der Waals surface area (Å²) in [6, 6.07) is 4.89.